The van der Waals surface area contributed by atoms with Crippen molar-refractivity contribution < 1.29 is 0 Å². The third-order valence-corrected chi connectivity index (χ3v) is 3.18. The fraction of sp³-hybridized carbons (Fsp3) is 0.357. The Bertz CT molecular complexity index is 514. The SMILES string of the molecule is Cc1cccc(-n2ncc(C(C)CN)c2C)c1. The normalized spacial score (nSPS) is 12.7. The van der Waals surface area contributed by atoms with Gasteiger partial charge in [0.05, 0.1) is 11.9 Å². The van der Waals surface area contributed by atoms with Crippen LogP contribution in [-0.2, 0) is 0 Å². The summed E-state index contributed by atoms with van der Waals surface area (Å²) in [6.45, 7) is 6.97. The average molecular weight is 229 g/mol. The van der Waals surface area contributed by atoms with Crippen molar-refractivity contribution in [3.8, 4) is 5.69 Å². The molecule has 0 amide bonds. The van der Waals surface area contributed by atoms with Gasteiger partial charge in [-0.1, -0.05) is 19.1 Å². The van der Waals surface area contributed by atoms with Crippen LogP contribution in [0.5, 0.6) is 0 Å². The van der Waals surface area contributed by atoms with Gasteiger partial charge in [0.15, 0.2) is 0 Å². The summed E-state index contributed by atoms with van der Waals surface area (Å²) in [7, 11) is 0. The van der Waals surface area contributed by atoms with Crippen LogP contribution in [0.1, 0.15) is 29.7 Å². The molecule has 2 aromatic rings. The largest absolute Gasteiger partial charge is 0.330 e. The molecule has 3 nitrogen and oxygen atoms in total. The van der Waals surface area contributed by atoms with Crippen molar-refractivity contribution in [1.82, 2.24) is 9.78 Å². The number of hydrogen-bond donors (Lipinski definition) is 1. The smallest absolute Gasteiger partial charge is 0.0651 e. The molecule has 0 radical (unpaired) electrons. The lowest BCUT2D eigenvalue weighted by atomic mass is 10.0. The second-order valence-corrected chi connectivity index (χ2v) is 4.57. The molecule has 2 N–H and O–H groups in total. The van der Waals surface area contributed by atoms with Crippen molar-refractivity contribution in [2.45, 2.75) is 26.7 Å². The molecular formula is C14H19N3. The summed E-state index contributed by atoms with van der Waals surface area (Å²) < 4.78 is 1.98. The molecule has 0 saturated heterocycles. The molecule has 0 fully saturated rings. The summed E-state index contributed by atoms with van der Waals surface area (Å²) in [5.74, 6) is 0.355. The van der Waals surface area contributed by atoms with Crippen molar-refractivity contribution >= 4 is 0 Å². The number of aromatic nitrogens is 2. The standard InChI is InChI=1S/C14H19N3/c1-10-5-4-6-13(7-10)17-12(3)14(9-16-17)11(2)8-15/h4-7,9,11H,8,15H2,1-3H3. The molecule has 0 bridgehead atoms. The molecule has 1 aromatic carbocycles. The minimum absolute atomic E-state index is 0.355. The maximum Gasteiger partial charge on any atom is 0.0651 e. The molecule has 1 aromatic heterocycles. The molecule has 90 valence electrons. The molecule has 1 unspecified atom stereocenters. The third kappa shape index (κ3) is 2.24. The van der Waals surface area contributed by atoms with E-state index in [4.69, 9.17) is 5.73 Å². The average Bonchev–Trinajstić information content (AvgIpc) is 2.70. The zero-order valence-corrected chi connectivity index (χ0v) is 10.6. The van der Waals surface area contributed by atoms with Gasteiger partial charge >= 0.3 is 0 Å². The number of benzene rings is 1. The highest BCUT2D eigenvalue weighted by Crippen LogP contribution is 2.21. The van der Waals surface area contributed by atoms with E-state index in [9.17, 15) is 0 Å². The van der Waals surface area contributed by atoms with E-state index in [1.165, 1.54) is 16.8 Å². The topological polar surface area (TPSA) is 43.8 Å². The monoisotopic (exact) mass is 229 g/mol. The molecule has 0 aliphatic carbocycles. The van der Waals surface area contributed by atoms with Crippen molar-refractivity contribution in [2.75, 3.05) is 6.54 Å². The first-order valence-corrected chi connectivity index (χ1v) is 5.95. The first-order valence-electron chi connectivity index (χ1n) is 5.95. The summed E-state index contributed by atoms with van der Waals surface area (Å²) in [6.07, 6.45) is 1.93. The maximum absolute atomic E-state index is 5.71. The molecule has 0 aliphatic heterocycles. The van der Waals surface area contributed by atoms with Gasteiger partial charge in [0.25, 0.3) is 0 Å². The van der Waals surface area contributed by atoms with Crippen LogP contribution in [0.25, 0.3) is 5.69 Å². The minimum atomic E-state index is 0.355. The van der Waals surface area contributed by atoms with Gasteiger partial charge < -0.3 is 5.73 Å². The van der Waals surface area contributed by atoms with E-state index in [1.807, 2.05) is 10.9 Å². The van der Waals surface area contributed by atoms with Crippen LogP contribution >= 0.6 is 0 Å². The highest BCUT2D eigenvalue weighted by atomic mass is 15.3. The van der Waals surface area contributed by atoms with E-state index in [0.717, 1.165) is 5.69 Å². The first-order chi connectivity index (χ1) is 8.13. The molecule has 1 heterocycles. The van der Waals surface area contributed by atoms with Crippen LogP contribution in [0.3, 0.4) is 0 Å². The van der Waals surface area contributed by atoms with Gasteiger partial charge in [-0.2, -0.15) is 5.10 Å². The lowest BCUT2D eigenvalue weighted by Gasteiger charge is -2.09. The number of hydrogen-bond acceptors (Lipinski definition) is 2. The van der Waals surface area contributed by atoms with Crippen LogP contribution in [0.2, 0.25) is 0 Å². The predicted octanol–water partition coefficient (Wildman–Crippen LogP) is 2.55. The number of nitrogens with zero attached hydrogens (tertiary/aromatic N) is 2. The minimum Gasteiger partial charge on any atom is -0.330 e. The van der Waals surface area contributed by atoms with Crippen LogP contribution in [0.4, 0.5) is 0 Å². The molecule has 0 spiro atoms. The van der Waals surface area contributed by atoms with Gasteiger partial charge in [0.2, 0.25) is 0 Å². The Morgan fingerprint density at radius 2 is 2.12 bits per heavy atom. The summed E-state index contributed by atoms with van der Waals surface area (Å²) in [4.78, 5) is 0. The van der Waals surface area contributed by atoms with E-state index >= 15 is 0 Å². The molecule has 2 rings (SSSR count). The Morgan fingerprint density at radius 3 is 2.76 bits per heavy atom. The number of rotatable bonds is 3. The van der Waals surface area contributed by atoms with E-state index in [0.29, 0.717) is 12.5 Å². The molecule has 1 atom stereocenters. The fourth-order valence-electron chi connectivity index (χ4n) is 2.05. The Morgan fingerprint density at radius 1 is 1.35 bits per heavy atom. The van der Waals surface area contributed by atoms with E-state index in [1.54, 1.807) is 0 Å². The second kappa shape index (κ2) is 4.72. The van der Waals surface area contributed by atoms with Crippen LogP contribution in [-0.4, -0.2) is 16.3 Å². The number of aryl methyl sites for hydroxylation is 1. The van der Waals surface area contributed by atoms with Crippen molar-refractivity contribution in [1.29, 1.82) is 0 Å². The Hall–Kier alpha value is -1.61. The van der Waals surface area contributed by atoms with Crippen molar-refractivity contribution in [3.63, 3.8) is 0 Å². The quantitative estimate of drug-likeness (QED) is 0.879. The number of nitrogens with two attached hydrogens (primary N) is 1. The molecule has 0 saturated carbocycles. The van der Waals surface area contributed by atoms with Gasteiger partial charge in [-0.15, -0.1) is 0 Å². The van der Waals surface area contributed by atoms with Gasteiger partial charge in [-0.3, -0.25) is 0 Å². The summed E-state index contributed by atoms with van der Waals surface area (Å²) in [5.41, 5.74) is 10.5. The van der Waals surface area contributed by atoms with Gasteiger partial charge in [0.1, 0.15) is 0 Å². The lowest BCUT2D eigenvalue weighted by Crippen LogP contribution is -2.10. The molecule has 3 heteroatoms. The highest BCUT2D eigenvalue weighted by Gasteiger charge is 2.12. The van der Waals surface area contributed by atoms with E-state index in [2.05, 4.69) is 50.1 Å². The van der Waals surface area contributed by atoms with Crippen LogP contribution in [0.15, 0.2) is 30.5 Å². The molecule has 17 heavy (non-hydrogen) atoms. The van der Waals surface area contributed by atoms with E-state index < -0.39 is 0 Å². The molecular weight excluding hydrogens is 210 g/mol. The Kier molecular flexibility index (Phi) is 3.29. The van der Waals surface area contributed by atoms with Gasteiger partial charge in [0, 0.05) is 5.69 Å². The summed E-state index contributed by atoms with van der Waals surface area (Å²) in [6, 6.07) is 8.35. The zero-order valence-electron chi connectivity index (χ0n) is 10.6. The van der Waals surface area contributed by atoms with Crippen LogP contribution < -0.4 is 5.73 Å². The summed E-state index contributed by atoms with van der Waals surface area (Å²) >= 11 is 0. The Balaban J connectivity index is 2.44. The van der Waals surface area contributed by atoms with Gasteiger partial charge in [-0.25, -0.2) is 4.68 Å². The maximum atomic E-state index is 5.71. The highest BCUT2D eigenvalue weighted by molar-refractivity contribution is 5.38. The van der Waals surface area contributed by atoms with E-state index in [-0.39, 0.29) is 0 Å². The third-order valence-electron chi connectivity index (χ3n) is 3.18. The van der Waals surface area contributed by atoms with Gasteiger partial charge in [-0.05, 0) is 49.6 Å². The zero-order chi connectivity index (χ0) is 12.4. The second-order valence-electron chi connectivity index (χ2n) is 4.57. The Labute approximate surface area is 102 Å². The van der Waals surface area contributed by atoms with Crippen LogP contribution in [0, 0.1) is 13.8 Å². The van der Waals surface area contributed by atoms with Crippen molar-refractivity contribution in [2.24, 2.45) is 5.73 Å². The predicted molar refractivity (Wildman–Crippen MR) is 70.5 cm³/mol. The molecule has 0 aliphatic rings. The van der Waals surface area contributed by atoms with Crippen molar-refractivity contribution in [3.05, 3.63) is 47.3 Å². The summed E-state index contributed by atoms with van der Waals surface area (Å²) in [5, 5.41) is 4.46. The fourth-order valence-corrected chi connectivity index (χ4v) is 2.05. The first kappa shape index (κ1) is 11.9. The lowest BCUT2D eigenvalue weighted by molar-refractivity contribution is 0.762.